The van der Waals surface area contributed by atoms with Gasteiger partial charge in [0.05, 0.1) is 0 Å². The van der Waals surface area contributed by atoms with Crippen molar-refractivity contribution >= 4 is 0 Å². The van der Waals surface area contributed by atoms with E-state index < -0.39 is 0 Å². The van der Waals surface area contributed by atoms with E-state index >= 15 is 0 Å². The molecule has 12 heavy (non-hydrogen) atoms. The highest BCUT2D eigenvalue weighted by atomic mass is 14.8. The van der Waals surface area contributed by atoms with Gasteiger partial charge in [0.25, 0.3) is 0 Å². The van der Waals surface area contributed by atoms with E-state index in [0.717, 1.165) is 19.5 Å². The highest BCUT2D eigenvalue weighted by molar-refractivity contribution is 5.27. The van der Waals surface area contributed by atoms with Gasteiger partial charge in [0.1, 0.15) is 0 Å². The van der Waals surface area contributed by atoms with Crippen molar-refractivity contribution < 1.29 is 0 Å². The van der Waals surface area contributed by atoms with Crippen LogP contribution in [0.2, 0.25) is 0 Å². The van der Waals surface area contributed by atoms with Crippen LogP contribution in [0.5, 0.6) is 0 Å². The lowest BCUT2D eigenvalue weighted by Gasteiger charge is -2.12. The molecule has 0 saturated carbocycles. The highest BCUT2D eigenvalue weighted by Gasteiger charge is 2.04. The third-order valence-electron chi connectivity index (χ3n) is 2.42. The molecule has 1 aliphatic rings. The number of rotatable bonds is 0. The molecule has 1 heteroatoms. The molecule has 0 amide bonds. The van der Waals surface area contributed by atoms with E-state index in [0.29, 0.717) is 0 Å². The van der Waals surface area contributed by atoms with Gasteiger partial charge >= 0.3 is 0 Å². The molecule has 0 spiro atoms. The zero-order valence-corrected chi connectivity index (χ0v) is 7.29. The topological polar surface area (TPSA) is 14.1 Å². The van der Waals surface area contributed by atoms with Gasteiger partial charge < -0.3 is 0 Å². The molecule has 63 valence electrons. The second-order valence-corrected chi connectivity index (χ2v) is 3.29. The summed E-state index contributed by atoms with van der Waals surface area (Å²) in [6.45, 7) is 2.06. The quantitative estimate of drug-likeness (QED) is 0.549. The number of fused-ring (bicyclic) bond motifs is 1. The first-order valence-corrected chi connectivity index (χ1v) is 4.67. The van der Waals surface area contributed by atoms with Crippen LogP contribution < -0.4 is 5.32 Å². The monoisotopic (exact) mass is 160 g/mol. The molecule has 2 rings (SSSR count). The Labute approximate surface area is 73.8 Å². The Morgan fingerprint density at radius 2 is 1.67 bits per heavy atom. The zero-order valence-electron chi connectivity index (χ0n) is 7.29. The molecule has 1 heterocycles. The summed E-state index contributed by atoms with van der Waals surface area (Å²) in [5, 5.41) is 4.43. The second kappa shape index (κ2) is 3.72. The fourth-order valence-corrected chi connectivity index (χ4v) is 1.74. The minimum atomic E-state index is 1.01. The summed E-state index contributed by atoms with van der Waals surface area (Å²) in [5.74, 6) is 0. The van der Waals surface area contributed by atoms with Gasteiger partial charge in [-0.3, -0.25) is 0 Å². The van der Waals surface area contributed by atoms with Crippen LogP contribution in [-0.4, -0.2) is 13.1 Å². The molecule has 0 saturated heterocycles. The zero-order chi connectivity index (χ0) is 8.23. The Morgan fingerprint density at radius 3 is 2.50 bits per heavy atom. The Kier molecular flexibility index (Phi) is 2.42. The smallest absolute Gasteiger partial charge is 0.0173 e. The molecule has 0 aromatic heterocycles. The van der Waals surface area contributed by atoms with Crippen LogP contribution in [-0.2, 0) is 12.8 Å². The molecule has 0 aliphatic carbocycles. The maximum absolute atomic E-state index is 4.43. The lowest BCUT2D eigenvalue weighted by molar-refractivity contribution is 0.614. The van der Waals surface area contributed by atoms with E-state index in [1.54, 1.807) is 0 Å². The van der Waals surface area contributed by atoms with Gasteiger partial charge in [-0.25, -0.2) is 5.32 Å². The molecule has 0 bridgehead atoms. The maximum atomic E-state index is 4.43. The summed E-state index contributed by atoms with van der Waals surface area (Å²) in [5.41, 5.74) is 3.04. The largest absolute Gasteiger partial charge is 0.241 e. The number of benzene rings is 1. The number of aryl methyl sites for hydroxylation is 1. The molecule has 0 fully saturated rings. The van der Waals surface area contributed by atoms with Gasteiger partial charge in [-0.2, -0.15) is 0 Å². The predicted octanol–water partition coefficient (Wildman–Crippen LogP) is 1.78. The molecule has 0 atom stereocenters. The van der Waals surface area contributed by atoms with Crippen LogP contribution in [0.4, 0.5) is 0 Å². The summed E-state index contributed by atoms with van der Waals surface area (Å²) in [4.78, 5) is 0. The third-order valence-corrected chi connectivity index (χ3v) is 2.42. The molecule has 1 aromatic carbocycles. The molecular formula is C11H14N. The lowest BCUT2D eigenvalue weighted by Crippen LogP contribution is -2.15. The molecule has 1 aliphatic heterocycles. The first kappa shape index (κ1) is 7.81. The Hall–Kier alpha value is -0.820. The van der Waals surface area contributed by atoms with Crippen molar-refractivity contribution in [1.29, 1.82) is 0 Å². The SMILES string of the molecule is c1ccc2c(c1)CCC[N]CC2. The lowest BCUT2D eigenvalue weighted by atomic mass is 9.99. The first-order valence-electron chi connectivity index (χ1n) is 4.67. The van der Waals surface area contributed by atoms with Crippen LogP contribution in [0.25, 0.3) is 0 Å². The molecule has 0 N–H and O–H groups in total. The van der Waals surface area contributed by atoms with Crippen molar-refractivity contribution in [2.45, 2.75) is 19.3 Å². The van der Waals surface area contributed by atoms with Gasteiger partial charge in [0.15, 0.2) is 0 Å². The van der Waals surface area contributed by atoms with Crippen molar-refractivity contribution in [3.05, 3.63) is 35.4 Å². The van der Waals surface area contributed by atoms with Crippen LogP contribution in [0.3, 0.4) is 0 Å². The fourth-order valence-electron chi connectivity index (χ4n) is 1.74. The summed E-state index contributed by atoms with van der Waals surface area (Å²) < 4.78 is 0. The second-order valence-electron chi connectivity index (χ2n) is 3.29. The van der Waals surface area contributed by atoms with Crippen LogP contribution in [0.1, 0.15) is 17.5 Å². The van der Waals surface area contributed by atoms with Gasteiger partial charge in [-0.15, -0.1) is 0 Å². The van der Waals surface area contributed by atoms with Crippen molar-refractivity contribution in [1.82, 2.24) is 5.32 Å². The van der Waals surface area contributed by atoms with Crippen LogP contribution in [0.15, 0.2) is 24.3 Å². The number of hydrogen-bond acceptors (Lipinski definition) is 0. The average Bonchev–Trinajstić information content (AvgIpc) is 2.06. The number of nitrogens with zero attached hydrogens (tertiary/aromatic N) is 1. The van der Waals surface area contributed by atoms with Crippen LogP contribution in [0, 0.1) is 0 Å². The Balaban J connectivity index is 2.24. The highest BCUT2D eigenvalue weighted by Crippen LogP contribution is 2.12. The molecule has 1 aromatic rings. The normalized spacial score (nSPS) is 17.7. The van der Waals surface area contributed by atoms with E-state index in [-0.39, 0.29) is 0 Å². The Morgan fingerprint density at radius 1 is 0.917 bits per heavy atom. The summed E-state index contributed by atoms with van der Waals surface area (Å²) in [6, 6.07) is 8.74. The summed E-state index contributed by atoms with van der Waals surface area (Å²) in [7, 11) is 0. The van der Waals surface area contributed by atoms with E-state index in [4.69, 9.17) is 0 Å². The Bertz CT molecular complexity index is 228. The van der Waals surface area contributed by atoms with E-state index in [1.807, 2.05) is 0 Å². The molecule has 1 radical (unpaired) electrons. The van der Waals surface area contributed by atoms with E-state index in [2.05, 4.69) is 29.6 Å². The average molecular weight is 160 g/mol. The summed E-state index contributed by atoms with van der Waals surface area (Å²) >= 11 is 0. The first-order chi connectivity index (χ1) is 5.97. The minimum Gasteiger partial charge on any atom is -0.241 e. The van der Waals surface area contributed by atoms with Crippen molar-refractivity contribution in [3.63, 3.8) is 0 Å². The summed E-state index contributed by atoms with van der Waals surface area (Å²) in [6.07, 6.45) is 3.56. The fraction of sp³-hybridized carbons (Fsp3) is 0.455. The van der Waals surface area contributed by atoms with Gasteiger partial charge in [0, 0.05) is 13.1 Å². The molecular weight excluding hydrogens is 146 g/mol. The molecule has 1 nitrogen and oxygen atoms in total. The standard InChI is InChI=1S/C11H14N/c1-2-5-11-7-9-12-8-3-6-10(11)4-1/h1-2,4-5H,3,6-9H2. The molecule has 0 unspecified atom stereocenters. The van der Waals surface area contributed by atoms with E-state index in [9.17, 15) is 0 Å². The van der Waals surface area contributed by atoms with Crippen LogP contribution >= 0.6 is 0 Å². The predicted molar refractivity (Wildman–Crippen MR) is 50.3 cm³/mol. The van der Waals surface area contributed by atoms with Crippen molar-refractivity contribution in [2.24, 2.45) is 0 Å². The third kappa shape index (κ3) is 1.67. The van der Waals surface area contributed by atoms with Gasteiger partial charge in [0.2, 0.25) is 0 Å². The van der Waals surface area contributed by atoms with Crippen molar-refractivity contribution in [3.8, 4) is 0 Å². The van der Waals surface area contributed by atoms with E-state index in [1.165, 1.54) is 24.0 Å². The van der Waals surface area contributed by atoms with Gasteiger partial charge in [-0.05, 0) is 30.4 Å². The number of hydrogen-bond donors (Lipinski definition) is 0. The maximum Gasteiger partial charge on any atom is 0.0173 e. The minimum absolute atomic E-state index is 1.01. The van der Waals surface area contributed by atoms with Gasteiger partial charge in [-0.1, -0.05) is 24.3 Å². The van der Waals surface area contributed by atoms with Crippen molar-refractivity contribution in [2.75, 3.05) is 13.1 Å².